The number of pyridine rings is 1. The summed E-state index contributed by atoms with van der Waals surface area (Å²) in [7, 11) is 1.85. The Morgan fingerprint density at radius 3 is 3.11 bits per heavy atom. The van der Waals surface area contributed by atoms with Crippen molar-refractivity contribution in [2.75, 3.05) is 7.05 Å². The van der Waals surface area contributed by atoms with E-state index in [1.165, 1.54) is 0 Å². The summed E-state index contributed by atoms with van der Waals surface area (Å²) in [5.41, 5.74) is 1.68. The molecule has 5 heteroatoms. The standard InChI is InChI=1S/C14H13N3O2/c1-15-8-10-9-18-14(17-10)19-13-6-2-5-12-11(13)4-3-7-16-12/h2-7,9,15H,8H2,1H3. The summed E-state index contributed by atoms with van der Waals surface area (Å²) < 4.78 is 10.9. The van der Waals surface area contributed by atoms with Crippen molar-refractivity contribution in [3.05, 3.63) is 48.5 Å². The van der Waals surface area contributed by atoms with Gasteiger partial charge in [-0.25, -0.2) is 0 Å². The number of rotatable bonds is 4. The lowest BCUT2D eigenvalue weighted by molar-refractivity contribution is 0.333. The molecule has 0 aliphatic rings. The predicted molar refractivity (Wildman–Crippen MR) is 71.1 cm³/mol. The number of fused-ring (bicyclic) bond motifs is 1. The van der Waals surface area contributed by atoms with E-state index in [2.05, 4.69) is 15.3 Å². The van der Waals surface area contributed by atoms with E-state index < -0.39 is 0 Å². The molecule has 0 aliphatic carbocycles. The highest BCUT2D eigenvalue weighted by Crippen LogP contribution is 2.28. The van der Waals surface area contributed by atoms with E-state index >= 15 is 0 Å². The first-order valence-electron chi connectivity index (χ1n) is 5.97. The van der Waals surface area contributed by atoms with Crippen LogP contribution in [-0.4, -0.2) is 17.0 Å². The van der Waals surface area contributed by atoms with Gasteiger partial charge < -0.3 is 14.5 Å². The van der Waals surface area contributed by atoms with E-state index in [9.17, 15) is 0 Å². The number of oxazole rings is 1. The van der Waals surface area contributed by atoms with E-state index in [-0.39, 0.29) is 6.08 Å². The molecule has 96 valence electrons. The second kappa shape index (κ2) is 5.07. The Hall–Kier alpha value is -2.40. The lowest BCUT2D eigenvalue weighted by Gasteiger charge is -2.04. The van der Waals surface area contributed by atoms with Crippen LogP contribution in [0.3, 0.4) is 0 Å². The Morgan fingerprint density at radius 1 is 1.26 bits per heavy atom. The average Bonchev–Trinajstić information content (AvgIpc) is 2.87. The van der Waals surface area contributed by atoms with Crippen LogP contribution in [0.5, 0.6) is 11.8 Å². The maximum atomic E-state index is 5.67. The van der Waals surface area contributed by atoms with Gasteiger partial charge in [0.2, 0.25) is 0 Å². The van der Waals surface area contributed by atoms with Gasteiger partial charge in [0.25, 0.3) is 0 Å². The van der Waals surface area contributed by atoms with Crippen molar-refractivity contribution in [2.24, 2.45) is 0 Å². The van der Waals surface area contributed by atoms with Crippen molar-refractivity contribution in [2.45, 2.75) is 6.54 Å². The number of ether oxygens (including phenoxy) is 1. The van der Waals surface area contributed by atoms with Crippen LogP contribution in [0.25, 0.3) is 10.9 Å². The molecule has 0 aliphatic heterocycles. The molecule has 19 heavy (non-hydrogen) atoms. The third kappa shape index (κ3) is 2.41. The first-order valence-corrected chi connectivity index (χ1v) is 5.97. The summed E-state index contributed by atoms with van der Waals surface area (Å²) in [6, 6.07) is 9.52. The topological polar surface area (TPSA) is 60.2 Å². The Balaban J connectivity index is 1.92. The molecule has 1 aromatic carbocycles. The van der Waals surface area contributed by atoms with Crippen LogP contribution in [0.1, 0.15) is 5.69 Å². The normalized spacial score (nSPS) is 10.8. The van der Waals surface area contributed by atoms with Gasteiger partial charge in [-0.05, 0) is 31.3 Å². The summed E-state index contributed by atoms with van der Waals surface area (Å²) >= 11 is 0. The number of nitrogens with one attached hydrogen (secondary N) is 1. The second-order valence-corrected chi connectivity index (χ2v) is 4.06. The maximum absolute atomic E-state index is 5.67. The molecule has 0 unspecified atom stereocenters. The molecule has 2 heterocycles. The SMILES string of the molecule is CNCc1coc(Oc2cccc3ncccc23)n1. The molecule has 3 aromatic rings. The van der Waals surface area contributed by atoms with Crippen molar-refractivity contribution in [1.82, 2.24) is 15.3 Å². The second-order valence-electron chi connectivity index (χ2n) is 4.06. The number of nitrogens with zero attached hydrogens (tertiary/aromatic N) is 2. The van der Waals surface area contributed by atoms with E-state index in [1.807, 2.05) is 37.4 Å². The van der Waals surface area contributed by atoms with Gasteiger partial charge in [-0.3, -0.25) is 4.98 Å². The van der Waals surface area contributed by atoms with E-state index in [4.69, 9.17) is 9.15 Å². The molecule has 0 atom stereocenters. The van der Waals surface area contributed by atoms with Gasteiger partial charge in [0.05, 0.1) is 11.2 Å². The van der Waals surface area contributed by atoms with Crippen molar-refractivity contribution in [3.8, 4) is 11.8 Å². The van der Waals surface area contributed by atoms with Gasteiger partial charge in [0.15, 0.2) is 0 Å². The summed E-state index contributed by atoms with van der Waals surface area (Å²) in [4.78, 5) is 8.51. The molecule has 5 nitrogen and oxygen atoms in total. The van der Waals surface area contributed by atoms with Crippen LogP contribution in [0.4, 0.5) is 0 Å². The van der Waals surface area contributed by atoms with Gasteiger partial charge in [-0.15, -0.1) is 0 Å². The zero-order valence-corrected chi connectivity index (χ0v) is 10.5. The van der Waals surface area contributed by atoms with Crippen LogP contribution in [-0.2, 0) is 6.54 Å². The fraction of sp³-hybridized carbons (Fsp3) is 0.143. The minimum atomic E-state index is 0.238. The zero-order chi connectivity index (χ0) is 13.1. The van der Waals surface area contributed by atoms with E-state index in [1.54, 1.807) is 12.5 Å². The molecule has 3 rings (SSSR count). The fourth-order valence-corrected chi connectivity index (χ4v) is 1.86. The third-order valence-electron chi connectivity index (χ3n) is 2.69. The summed E-state index contributed by atoms with van der Waals surface area (Å²) in [5, 5.41) is 3.93. The molecule has 0 spiro atoms. The Morgan fingerprint density at radius 2 is 2.21 bits per heavy atom. The van der Waals surface area contributed by atoms with Crippen molar-refractivity contribution >= 4 is 10.9 Å². The average molecular weight is 255 g/mol. The van der Waals surface area contributed by atoms with Crippen LogP contribution >= 0.6 is 0 Å². The number of aromatic nitrogens is 2. The number of benzene rings is 1. The third-order valence-corrected chi connectivity index (χ3v) is 2.69. The quantitative estimate of drug-likeness (QED) is 0.776. The predicted octanol–water partition coefficient (Wildman–Crippen LogP) is 2.73. The first kappa shape index (κ1) is 11.7. The molecule has 0 fully saturated rings. The highest BCUT2D eigenvalue weighted by Gasteiger charge is 2.08. The smallest absolute Gasteiger partial charge is 0.399 e. The molecule has 0 bridgehead atoms. The highest BCUT2D eigenvalue weighted by atomic mass is 16.6. The molecule has 0 saturated carbocycles. The number of hydrogen-bond acceptors (Lipinski definition) is 5. The largest absolute Gasteiger partial charge is 0.417 e. The maximum Gasteiger partial charge on any atom is 0.399 e. The van der Waals surface area contributed by atoms with Gasteiger partial charge in [-0.2, -0.15) is 4.98 Å². The Labute approximate surface area is 110 Å². The van der Waals surface area contributed by atoms with Crippen LogP contribution in [0, 0.1) is 0 Å². The Bertz CT molecular complexity index is 688. The molecule has 0 amide bonds. The highest BCUT2D eigenvalue weighted by molar-refractivity contribution is 5.84. The van der Waals surface area contributed by atoms with Gasteiger partial charge >= 0.3 is 6.08 Å². The summed E-state index contributed by atoms with van der Waals surface area (Å²) in [6.07, 6.45) is 3.57. The van der Waals surface area contributed by atoms with Crippen molar-refractivity contribution in [3.63, 3.8) is 0 Å². The Kier molecular flexibility index (Phi) is 3.12. The van der Waals surface area contributed by atoms with Gasteiger partial charge in [-0.1, -0.05) is 6.07 Å². The zero-order valence-electron chi connectivity index (χ0n) is 10.5. The minimum Gasteiger partial charge on any atom is -0.417 e. The van der Waals surface area contributed by atoms with Crippen molar-refractivity contribution < 1.29 is 9.15 Å². The van der Waals surface area contributed by atoms with Crippen LogP contribution < -0.4 is 10.1 Å². The monoisotopic (exact) mass is 255 g/mol. The molecule has 0 saturated heterocycles. The van der Waals surface area contributed by atoms with Crippen LogP contribution in [0.2, 0.25) is 0 Å². The summed E-state index contributed by atoms with van der Waals surface area (Å²) in [6.45, 7) is 0.643. The molecule has 0 radical (unpaired) electrons. The minimum absolute atomic E-state index is 0.238. The van der Waals surface area contributed by atoms with Gasteiger partial charge in [0.1, 0.15) is 12.0 Å². The van der Waals surface area contributed by atoms with Crippen molar-refractivity contribution in [1.29, 1.82) is 0 Å². The molecule has 1 N–H and O–H groups in total. The van der Waals surface area contributed by atoms with E-state index in [0.717, 1.165) is 16.6 Å². The van der Waals surface area contributed by atoms with Crippen LogP contribution in [0.15, 0.2) is 47.2 Å². The lowest BCUT2D eigenvalue weighted by Crippen LogP contribution is -2.04. The molecular weight excluding hydrogens is 242 g/mol. The lowest BCUT2D eigenvalue weighted by atomic mass is 10.2. The summed E-state index contributed by atoms with van der Waals surface area (Å²) in [5.74, 6) is 0.684. The molecular formula is C14H13N3O2. The first-order chi connectivity index (χ1) is 9.36. The van der Waals surface area contributed by atoms with E-state index in [0.29, 0.717) is 12.3 Å². The number of hydrogen-bond donors (Lipinski definition) is 1. The van der Waals surface area contributed by atoms with Gasteiger partial charge in [0, 0.05) is 18.1 Å². The fourth-order valence-electron chi connectivity index (χ4n) is 1.86. The molecule has 2 aromatic heterocycles.